The van der Waals surface area contributed by atoms with Gasteiger partial charge in [-0.3, -0.25) is 4.79 Å². The average molecular weight is 416 g/mol. The van der Waals surface area contributed by atoms with Gasteiger partial charge in [0.25, 0.3) is 5.91 Å². The standard InChI is InChI=1S/C20H20N2O6S/c1-27-11-10-22-29(25,26)16-8-6-14(7-9-16)13-21-19(23)17-12-15-4-2-3-5-18(15)28-20(17)24/h2-9,12,22H,10-11,13H2,1H3,(H,21,23). The summed E-state index contributed by atoms with van der Waals surface area (Å²) < 4.78 is 36.7. The minimum atomic E-state index is -3.62. The first kappa shape index (κ1) is 20.7. The van der Waals surface area contributed by atoms with Crippen LogP contribution in [0.15, 0.2) is 68.7 Å². The van der Waals surface area contributed by atoms with Crippen LogP contribution in [0.2, 0.25) is 0 Å². The maximum absolute atomic E-state index is 12.4. The molecule has 0 saturated carbocycles. The Morgan fingerprint density at radius 3 is 2.55 bits per heavy atom. The lowest BCUT2D eigenvalue weighted by atomic mass is 10.1. The van der Waals surface area contributed by atoms with E-state index in [4.69, 9.17) is 9.15 Å². The van der Waals surface area contributed by atoms with Crippen LogP contribution < -0.4 is 15.7 Å². The maximum atomic E-state index is 12.4. The van der Waals surface area contributed by atoms with Crippen molar-refractivity contribution in [2.45, 2.75) is 11.4 Å². The third-order valence-corrected chi connectivity index (χ3v) is 5.65. The van der Waals surface area contributed by atoms with E-state index < -0.39 is 21.6 Å². The van der Waals surface area contributed by atoms with Gasteiger partial charge < -0.3 is 14.5 Å². The lowest BCUT2D eigenvalue weighted by Gasteiger charge is -2.08. The van der Waals surface area contributed by atoms with Crippen LogP contribution in [0.3, 0.4) is 0 Å². The van der Waals surface area contributed by atoms with Crippen LogP contribution in [-0.2, 0) is 21.3 Å². The molecule has 3 aromatic rings. The van der Waals surface area contributed by atoms with Crippen molar-refractivity contribution in [1.82, 2.24) is 10.0 Å². The van der Waals surface area contributed by atoms with Crippen molar-refractivity contribution in [3.05, 3.63) is 76.1 Å². The van der Waals surface area contributed by atoms with Crippen molar-refractivity contribution in [3.8, 4) is 0 Å². The molecule has 3 rings (SSSR count). The number of fused-ring (bicyclic) bond motifs is 1. The van der Waals surface area contributed by atoms with Gasteiger partial charge in [-0.1, -0.05) is 30.3 Å². The number of nitrogens with one attached hydrogen (secondary N) is 2. The third-order valence-electron chi connectivity index (χ3n) is 4.17. The Kier molecular flexibility index (Phi) is 6.42. The van der Waals surface area contributed by atoms with E-state index >= 15 is 0 Å². The quantitative estimate of drug-likeness (QED) is 0.426. The fraction of sp³-hybridized carbons (Fsp3) is 0.200. The van der Waals surface area contributed by atoms with Gasteiger partial charge in [0.15, 0.2) is 0 Å². The molecule has 0 spiro atoms. The van der Waals surface area contributed by atoms with Gasteiger partial charge in [-0.15, -0.1) is 0 Å². The zero-order valence-electron chi connectivity index (χ0n) is 15.7. The zero-order chi connectivity index (χ0) is 20.9. The maximum Gasteiger partial charge on any atom is 0.349 e. The summed E-state index contributed by atoms with van der Waals surface area (Å²) in [7, 11) is -2.14. The monoisotopic (exact) mass is 416 g/mol. The molecule has 8 nitrogen and oxygen atoms in total. The molecule has 1 aromatic heterocycles. The molecule has 0 unspecified atom stereocenters. The van der Waals surface area contributed by atoms with Gasteiger partial charge in [0.1, 0.15) is 11.1 Å². The summed E-state index contributed by atoms with van der Waals surface area (Å²) in [6.07, 6.45) is 0. The van der Waals surface area contributed by atoms with E-state index in [-0.39, 0.29) is 30.2 Å². The minimum Gasteiger partial charge on any atom is -0.422 e. The number of rotatable bonds is 8. The summed E-state index contributed by atoms with van der Waals surface area (Å²) in [6.45, 7) is 0.569. The summed E-state index contributed by atoms with van der Waals surface area (Å²) in [5.41, 5.74) is 0.277. The van der Waals surface area contributed by atoms with E-state index in [2.05, 4.69) is 10.0 Å². The molecule has 0 aliphatic heterocycles. The number of para-hydroxylation sites is 1. The van der Waals surface area contributed by atoms with Crippen molar-refractivity contribution in [3.63, 3.8) is 0 Å². The number of sulfonamides is 1. The number of hydrogen-bond donors (Lipinski definition) is 2. The van der Waals surface area contributed by atoms with Gasteiger partial charge in [0.2, 0.25) is 10.0 Å². The molecule has 152 valence electrons. The van der Waals surface area contributed by atoms with E-state index in [1.54, 1.807) is 36.4 Å². The number of hydrogen-bond acceptors (Lipinski definition) is 6. The summed E-state index contributed by atoms with van der Waals surface area (Å²) in [4.78, 5) is 24.5. The van der Waals surface area contributed by atoms with E-state index in [1.807, 2.05) is 0 Å². The van der Waals surface area contributed by atoms with E-state index in [0.29, 0.717) is 16.5 Å². The fourth-order valence-electron chi connectivity index (χ4n) is 2.65. The number of ether oxygens (including phenoxy) is 1. The van der Waals surface area contributed by atoms with Crippen molar-refractivity contribution >= 4 is 26.9 Å². The van der Waals surface area contributed by atoms with Crippen molar-refractivity contribution in [2.75, 3.05) is 20.3 Å². The molecule has 0 fully saturated rings. The van der Waals surface area contributed by atoms with Gasteiger partial charge in [0, 0.05) is 25.6 Å². The number of amides is 1. The second kappa shape index (κ2) is 8.99. The topological polar surface area (TPSA) is 115 Å². The molecule has 2 aromatic carbocycles. The molecule has 29 heavy (non-hydrogen) atoms. The molecule has 0 saturated heterocycles. The molecule has 0 atom stereocenters. The second-order valence-corrected chi connectivity index (χ2v) is 7.97. The van der Waals surface area contributed by atoms with Crippen LogP contribution in [0.25, 0.3) is 11.0 Å². The molecule has 0 aliphatic carbocycles. The average Bonchev–Trinajstić information content (AvgIpc) is 2.72. The Balaban J connectivity index is 1.66. The summed E-state index contributed by atoms with van der Waals surface area (Å²) in [6, 6.07) is 14.5. The lowest BCUT2D eigenvalue weighted by molar-refractivity contribution is 0.0947. The van der Waals surface area contributed by atoms with Gasteiger partial charge in [-0.2, -0.15) is 0 Å². The Labute approximate surface area is 167 Å². The molecular weight excluding hydrogens is 396 g/mol. The number of carbonyl (C=O) groups is 1. The van der Waals surface area contributed by atoms with Gasteiger partial charge in [-0.25, -0.2) is 17.9 Å². The molecule has 9 heteroatoms. The Morgan fingerprint density at radius 2 is 1.83 bits per heavy atom. The lowest BCUT2D eigenvalue weighted by Crippen LogP contribution is -2.28. The van der Waals surface area contributed by atoms with Crippen molar-refractivity contribution < 1.29 is 22.4 Å². The summed E-state index contributed by atoms with van der Waals surface area (Å²) >= 11 is 0. The highest BCUT2D eigenvalue weighted by Gasteiger charge is 2.15. The van der Waals surface area contributed by atoms with E-state index in [0.717, 1.165) is 0 Å². The normalized spacial score (nSPS) is 11.5. The third kappa shape index (κ3) is 5.08. The predicted octanol–water partition coefficient (Wildman–Crippen LogP) is 1.65. The largest absolute Gasteiger partial charge is 0.422 e. The molecule has 0 aliphatic rings. The first-order chi connectivity index (χ1) is 13.9. The Morgan fingerprint density at radius 1 is 1.10 bits per heavy atom. The van der Waals surface area contributed by atoms with Crippen molar-refractivity contribution in [1.29, 1.82) is 0 Å². The molecular formula is C20H20N2O6S. The van der Waals surface area contributed by atoms with Crippen LogP contribution in [-0.4, -0.2) is 34.6 Å². The zero-order valence-corrected chi connectivity index (χ0v) is 16.5. The van der Waals surface area contributed by atoms with Gasteiger partial charge in [0.05, 0.1) is 11.5 Å². The van der Waals surface area contributed by atoms with Crippen LogP contribution in [0.4, 0.5) is 0 Å². The molecule has 1 heterocycles. The fourth-order valence-corrected chi connectivity index (χ4v) is 3.66. The van der Waals surface area contributed by atoms with Gasteiger partial charge in [-0.05, 0) is 29.8 Å². The number of benzene rings is 2. The van der Waals surface area contributed by atoms with Crippen LogP contribution in [0.5, 0.6) is 0 Å². The second-order valence-electron chi connectivity index (χ2n) is 6.20. The summed E-state index contributed by atoms with van der Waals surface area (Å²) in [5.74, 6) is -0.567. The molecule has 1 amide bonds. The number of carbonyl (C=O) groups excluding carboxylic acids is 1. The molecule has 0 radical (unpaired) electrons. The summed E-state index contributed by atoms with van der Waals surface area (Å²) in [5, 5.41) is 3.29. The van der Waals surface area contributed by atoms with E-state index in [9.17, 15) is 18.0 Å². The van der Waals surface area contributed by atoms with Crippen molar-refractivity contribution in [2.24, 2.45) is 0 Å². The number of methoxy groups -OCH3 is 1. The SMILES string of the molecule is COCCNS(=O)(=O)c1ccc(CNC(=O)c2cc3ccccc3oc2=O)cc1. The highest BCUT2D eigenvalue weighted by Crippen LogP contribution is 2.13. The minimum absolute atomic E-state index is 0.0924. The van der Waals surface area contributed by atoms with Crippen LogP contribution in [0, 0.1) is 0 Å². The first-order valence-electron chi connectivity index (χ1n) is 8.79. The molecule has 0 bridgehead atoms. The first-order valence-corrected chi connectivity index (χ1v) is 10.3. The Bertz CT molecular complexity index is 1170. The van der Waals surface area contributed by atoms with Gasteiger partial charge >= 0.3 is 5.63 Å². The Hall–Kier alpha value is -3.01. The molecule has 2 N–H and O–H groups in total. The van der Waals surface area contributed by atoms with E-state index in [1.165, 1.54) is 25.3 Å². The van der Waals surface area contributed by atoms with Crippen LogP contribution in [0.1, 0.15) is 15.9 Å². The highest BCUT2D eigenvalue weighted by atomic mass is 32.2. The smallest absolute Gasteiger partial charge is 0.349 e. The predicted molar refractivity (Wildman–Crippen MR) is 107 cm³/mol. The van der Waals surface area contributed by atoms with Crippen LogP contribution >= 0.6 is 0 Å². The highest BCUT2D eigenvalue weighted by molar-refractivity contribution is 7.89.